The minimum Gasteiger partial charge on any atom is -0.370 e. The van der Waals surface area contributed by atoms with Gasteiger partial charge in [-0.3, -0.25) is 0 Å². The summed E-state index contributed by atoms with van der Waals surface area (Å²) in [6.45, 7) is 1.44. The van der Waals surface area contributed by atoms with Gasteiger partial charge in [-0.1, -0.05) is 11.6 Å². The van der Waals surface area contributed by atoms with Gasteiger partial charge in [0.05, 0.1) is 5.56 Å². The first-order valence-electron chi connectivity index (χ1n) is 3.43. The average molecular weight is 204 g/mol. The maximum absolute atomic E-state index is 13.0. The summed E-state index contributed by atoms with van der Waals surface area (Å²) in [5, 5.41) is 0.128. The molecule has 0 aromatic heterocycles. The van der Waals surface area contributed by atoms with Gasteiger partial charge >= 0.3 is 5.97 Å². The number of halogens is 2. The van der Waals surface area contributed by atoms with Gasteiger partial charge in [-0.05, 0) is 24.6 Å². The molecule has 0 spiro atoms. The molecule has 0 saturated heterocycles. The maximum atomic E-state index is 13.0. The van der Waals surface area contributed by atoms with E-state index in [1.54, 1.807) is 0 Å². The second kappa shape index (κ2) is 3.72. The Morgan fingerprint density at radius 2 is 2.23 bits per heavy atom. The zero-order valence-electron chi connectivity index (χ0n) is 6.80. The van der Waals surface area contributed by atoms with Crippen molar-refractivity contribution in [1.29, 1.82) is 0 Å². The van der Waals surface area contributed by atoms with Crippen LogP contribution in [0, 0.1) is 12.7 Å². The van der Waals surface area contributed by atoms with Crippen molar-refractivity contribution in [2.24, 2.45) is 5.90 Å². The first-order chi connectivity index (χ1) is 6.06. The van der Waals surface area contributed by atoms with E-state index in [9.17, 15) is 9.18 Å². The predicted molar refractivity (Wildman–Crippen MR) is 45.7 cm³/mol. The van der Waals surface area contributed by atoms with Crippen molar-refractivity contribution < 1.29 is 14.0 Å². The molecule has 0 bridgehead atoms. The molecule has 0 heterocycles. The van der Waals surface area contributed by atoms with Crippen molar-refractivity contribution >= 4 is 17.6 Å². The van der Waals surface area contributed by atoms with Crippen LogP contribution in [0.25, 0.3) is 0 Å². The smallest absolute Gasteiger partial charge is 0.357 e. The Hall–Kier alpha value is -1.13. The van der Waals surface area contributed by atoms with Gasteiger partial charge in [0, 0.05) is 5.02 Å². The third-order valence-corrected chi connectivity index (χ3v) is 1.85. The van der Waals surface area contributed by atoms with Crippen molar-refractivity contribution in [2.75, 3.05) is 0 Å². The fourth-order valence-corrected chi connectivity index (χ4v) is 1.13. The summed E-state index contributed by atoms with van der Waals surface area (Å²) in [7, 11) is 0. The predicted octanol–water partition coefficient (Wildman–Crippen LogP) is 1.82. The number of carbonyl (C=O) groups excluding carboxylic acids is 1. The molecule has 0 aliphatic carbocycles. The molecule has 0 saturated carbocycles. The monoisotopic (exact) mass is 203 g/mol. The quantitative estimate of drug-likeness (QED) is 0.709. The van der Waals surface area contributed by atoms with E-state index < -0.39 is 11.8 Å². The van der Waals surface area contributed by atoms with Gasteiger partial charge in [-0.15, -0.1) is 0 Å². The Labute approximate surface area is 79.2 Å². The van der Waals surface area contributed by atoms with Gasteiger partial charge in [0.25, 0.3) is 0 Å². The van der Waals surface area contributed by atoms with Gasteiger partial charge in [0.2, 0.25) is 0 Å². The van der Waals surface area contributed by atoms with Crippen LogP contribution in [0.3, 0.4) is 0 Å². The molecule has 0 atom stereocenters. The van der Waals surface area contributed by atoms with E-state index in [1.165, 1.54) is 13.0 Å². The normalized spacial score (nSPS) is 9.85. The van der Waals surface area contributed by atoms with Crippen LogP contribution >= 0.6 is 11.6 Å². The van der Waals surface area contributed by atoms with Crippen molar-refractivity contribution in [3.8, 4) is 0 Å². The van der Waals surface area contributed by atoms with E-state index in [4.69, 9.17) is 11.6 Å². The summed E-state index contributed by atoms with van der Waals surface area (Å²) < 4.78 is 13.0. The molecule has 3 nitrogen and oxygen atoms in total. The molecule has 70 valence electrons. The van der Waals surface area contributed by atoms with Crippen molar-refractivity contribution in [1.82, 2.24) is 0 Å². The third-order valence-electron chi connectivity index (χ3n) is 1.64. The Kier molecular flexibility index (Phi) is 2.85. The Bertz CT molecular complexity index is 354. The van der Waals surface area contributed by atoms with E-state index >= 15 is 0 Å². The van der Waals surface area contributed by atoms with Crippen LogP contribution in [0.15, 0.2) is 12.1 Å². The van der Waals surface area contributed by atoms with Crippen LogP contribution in [0.4, 0.5) is 4.39 Å². The van der Waals surface area contributed by atoms with E-state index in [0.717, 1.165) is 6.07 Å². The summed E-state index contributed by atoms with van der Waals surface area (Å²) >= 11 is 5.53. The van der Waals surface area contributed by atoms with E-state index in [0.29, 0.717) is 0 Å². The zero-order valence-corrected chi connectivity index (χ0v) is 7.56. The minimum absolute atomic E-state index is 0.0347. The number of nitrogens with two attached hydrogens (primary N) is 1. The van der Waals surface area contributed by atoms with Crippen LogP contribution in [0.2, 0.25) is 5.02 Å². The largest absolute Gasteiger partial charge is 0.370 e. The lowest BCUT2D eigenvalue weighted by Gasteiger charge is -2.04. The molecule has 1 rings (SSSR count). The van der Waals surface area contributed by atoms with E-state index in [1.807, 2.05) is 0 Å². The molecule has 0 radical (unpaired) electrons. The fourth-order valence-electron chi connectivity index (χ4n) is 0.921. The molecule has 5 heteroatoms. The highest BCUT2D eigenvalue weighted by Gasteiger charge is 2.13. The minimum atomic E-state index is -0.807. The van der Waals surface area contributed by atoms with Gasteiger partial charge in [-0.25, -0.2) is 9.18 Å². The lowest BCUT2D eigenvalue weighted by atomic mass is 10.1. The molecular formula is C8H7ClFNO2. The molecule has 0 amide bonds. The van der Waals surface area contributed by atoms with Crippen LogP contribution in [-0.2, 0) is 4.84 Å². The summed E-state index contributed by atoms with van der Waals surface area (Å²) in [6.07, 6.45) is 0. The topological polar surface area (TPSA) is 52.3 Å². The molecule has 1 aromatic carbocycles. The second-order valence-electron chi connectivity index (χ2n) is 2.47. The highest BCUT2D eigenvalue weighted by Crippen LogP contribution is 2.19. The summed E-state index contributed by atoms with van der Waals surface area (Å²) in [5.41, 5.74) is 0.201. The number of carbonyl (C=O) groups is 1. The van der Waals surface area contributed by atoms with E-state index in [-0.39, 0.29) is 16.1 Å². The third kappa shape index (κ3) is 1.96. The lowest BCUT2D eigenvalue weighted by molar-refractivity contribution is 0.0502. The number of hydrogen-bond donors (Lipinski definition) is 1. The molecule has 1 aromatic rings. The van der Waals surface area contributed by atoms with Crippen LogP contribution < -0.4 is 5.90 Å². The second-order valence-corrected chi connectivity index (χ2v) is 2.90. The maximum Gasteiger partial charge on any atom is 0.357 e. The van der Waals surface area contributed by atoms with Crippen molar-refractivity contribution in [3.63, 3.8) is 0 Å². The van der Waals surface area contributed by atoms with Crippen molar-refractivity contribution in [3.05, 3.63) is 34.1 Å². The number of benzene rings is 1. The molecule has 0 aliphatic heterocycles. The SMILES string of the molecule is Cc1c(F)cc(Cl)cc1C(=O)ON. The highest BCUT2D eigenvalue weighted by molar-refractivity contribution is 6.31. The van der Waals surface area contributed by atoms with E-state index in [2.05, 4.69) is 10.7 Å². The molecule has 0 aliphatic rings. The van der Waals surface area contributed by atoms with Gasteiger partial charge in [0.1, 0.15) is 5.82 Å². The van der Waals surface area contributed by atoms with Crippen LogP contribution in [-0.4, -0.2) is 5.97 Å². The van der Waals surface area contributed by atoms with Gasteiger partial charge in [0.15, 0.2) is 0 Å². The summed E-state index contributed by atoms with van der Waals surface area (Å²) in [5.74, 6) is 3.29. The molecule has 2 N–H and O–H groups in total. The first-order valence-corrected chi connectivity index (χ1v) is 3.80. The standard InChI is InChI=1S/C8H7ClFNO2/c1-4-6(8(12)13-11)2-5(9)3-7(4)10/h2-3H,11H2,1H3. The average Bonchev–Trinajstić information content (AvgIpc) is 2.10. The lowest BCUT2D eigenvalue weighted by Crippen LogP contribution is -2.12. The number of hydrogen-bond acceptors (Lipinski definition) is 3. The zero-order chi connectivity index (χ0) is 10.0. The fraction of sp³-hybridized carbons (Fsp3) is 0.125. The summed E-state index contributed by atoms with van der Waals surface area (Å²) in [4.78, 5) is 14.9. The molecule has 0 unspecified atom stereocenters. The molecular weight excluding hydrogens is 197 g/mol. The van der Waals surface area contributed by atoms with Crippen LogP contribution in [0.5, 0.6) is 0 Å². The Balaban J connectivity index is 3.28. The number of rotatable bonds is 1. The van der Waals surface area contributed by atoms with Crippen molar-refractivity contribution in [2.45, 2.75) is 6.92 Å². The molecule has 13 heavy (non-hydrogen) atoms. The molecule has 0 fully saturated rings. The Morgan fingerprint density at radius 1 is 1.62 bits per heavy atom. The first kappa shape index (κ1) is 9.95. The van der Waals surface area contributed by atoms with Crippen LogP contribution in [0.1, 0.15) is 15.9 Å². The highest BCUT2D eigenvalue weighted by atomic mass is 35.5. The summed E-state index contributed by atoms with van der Waals surface area (Å²) in [6, 6.07) is 2.42. The Morgan fingerprint density at radius 3 is 2.77 bits per heavy atom. The van der Waals surface area contributed by atoms with Gasteiger partial charge in [-0.2, -0.15) is 5.90 Å². The van der Waals surface area contributed by atoms with Gasteiger partial charge < -0.3 is 4.84 Å².